The highest BCUT2D eigenvalue weighted by Crippen LogP contribution is 2.21. The minimum atomic E-state index is 0.202. The van der Waals surface area contributed by atoms with Crippen LogP contribution in [0, 0.1) is 0 Å². The van der Waals surface area contributed by atoms with Crippen LogP contribution in [-0.4, -0.2) is 54.9 Å². The number of likely N-dealkylation sites (N-methyl/N-ethyl adjacent to an activating group) is 1. The van der Waals surface area contributed by atoms with Crippen molar-refractivity contribution in [3.63, 3.8) is 0 Å². The number of carbonyl (C=O) groups excluding carboxylic acids is 1. The Labute approximate surface area is 92.4 Å². The highest BCUT2D eigenvalue weighted by molar-refractivity contribution is 5.57. The minimum Gasteiger partial charge on any atom is -0.302 e. The van der Waals surface area contributed by atoms with E-state index in [0.29, 0.717) is 6.04 Å². The fourth-order valence-electron chi connectivity index (χ4n) is 2.88. The first-order valence-electron chi connectivity index (χ1n) is 6.21. The van der Waals surface area contributed by atoms with E-state index < -0.39 is 0 Å². The number of aldehydes is 1. The number of piperidine rings is 1. The zero-order valence-electron chi connectivity index (χ0n) is 9.69. The Morgan fingerprint density at radius 2 is 2.07 bits per heavy atom. The Kier molecular flexibility index (Phi) is 3.76. The molecule has 2 aliphatic rings. The van der Waals surface area contributed by atoms with Gasteiger partial charge in [-0.2, -0.15) is 0 Å². The van der Waals surface area contributed by atoms with Gasteiger partial charge in [0.15, 0.2) is 0 Å². The average molecular weight is 210 g/mol. The van der Waals surface area contributed by atoms with Crippen molar-refractivity contribution in [1.29, 1.82) is 0 Å². The van der Waals surface area contributed by atoms with E-state index in [2.05, 4.69) is 16.8 Å². The predicted octanol–water partition coefficient (Wildman–Crippen LogP) is 1.13. The van der Waals surface area contributed by atoms with E-state index in [1.807, 2.05) is 0 Å². The van der Waals surface area contributed by atoms with Gasteiger partial charge in [-0.3, -0.25) is 4.90 Å². The van der Waals surface area contributed by atoms with E-state index in [9.17, 15) is 4.79 Å². The Hall–Kier alpha value is -0.410. The maximum absolute atomic E-state index is 11.0. The van der Waals surface area contributed by atoms with Gasteiger partial charge in [0.25, 0.3) is 0 Å². The summed E-state index contributed by atoms with van der Waals surface area (Å²) < 4.78 is 0. The third-order valence-corrected chi connectivity index (χ3v) is 3.94. The smallest absolute Gasteiger partial charge is 0.137 e. The molecule has 2 saturated heterocycles. The van der Waals surface area contributed by atoms with Crippen molar-refractivity contribution in [1.82, 2.24) is 9.80 Å². The molecule has 0 aromatic carbocycles. The minimum absolute atomic E-state index is 0.202. The number of nitrogens with zero attached hydrogens (tertiary/aromatic N) is 2. The molecule has 3 nitrogen and oxygen atoms in total. The van der Waals surface area contributed by atoms with Crippen LogP contribution >= 0.6 is 0 Å². The Bertz CT molecular complexity index is 220. The topological polar surface area (TPSA) is 23.6 Å². The molecule has 15 heavy (non-hydrogen) atoms. The van der Waals surface area contributed by atoms with Gasteiger partial charge in [0.05, 0.1) is 6.04 Å². The second-order valence-electron chi connectivity index (χ2n) is 4.97. The lowest BCUT2D eigenvalue weighted by Crippen LogP contribution is -2.46. The molecule has 0 amide bonds. The Morgan fingerprint density at radius 1 is 1.20 bits per heavy atom. The number of carbonyl (C=O) groups is 1. The molecule has 86 valence electrons. The second kappa shape index (κ2) is 5.08. The SMILES string of the molecule is CN1CCCC1CN1CCCCC1C=O. The van der Waals surface area contributed by atoms with E-state index >= 15 is 0 Å². The highest BCUT2D eigenvalue weighted by Gasteiger charge is 2.28. The molecule has 0 aromatic heterocycles. The summed E-state index contributed by atoms with van der Waals surface area (Å²) >= 11 is 0. The monoisotopic (exact) mass is 210 g/mol. The summed E-state index contributed by atoms with van der Waals surface area (Å²) in [6, 6.07) is 0.887. The molecule has 0 aromatic rings. The molecular weight excluding hydrogens is 188 g/mol. The number of rotatable bonds is 3. The normalized spacial score (nSPS) is 34.5. The Balaban J connectivity index is 1.88. The van der Waals surface area contributed by atoms with Crippen LogP contribution in [-0.2, 0) is 4.79 Å². The maximum Gasteiger partial charge on any atom is 0.137 e. The second-order valence-corrected chi connectivity index (χ2v) is 4.97. The van der Waals surface area contributed by atoms with Gasteiger partial charge < -0.3 is 9.69 Å². The van der Waals surface area contributed by atoms with Crippen LogP contribution in [0.5, 0.6) is 0 Å². The van der Waals surface area contributed by atoms with Crippen molar-refractivity contribution in [3.8, 4) is 0 Å². The lowest BCUT2D eigenvalue weighted by atomic mass is 10.0. The first-order chi connectivity index (χ1) is 7.31. The van der Waals surface area contributed by atoms with Crippen LogP contribution in [0.3, 0.4) is 0 Å². The van der Waals surface area contributed by atoms with Crippen molar-refractivity contribution >= 4 is 6.29 Å². The molecule has 2 unspecified atom stereocenters. The first kappa shape index (κ1) is 11.1. The fourth-order valence-corrected chi connectivity index (χ4v) is 2.88. The van der Waals surface area contributed by atoms with Crippen LogP contribution in [0.25, 0.3) is 0 Å². The number of hydrogen-bond acceptors (Lipinski definition) is 3. The van der Waals surface area contributed by atoms with E-state index in [0.717, 1.165) is 25.8 Å². The quantitative estimate of drug-likeness (QED) is 0.653. The van der Waals surface area contributed by atoms with E-state index in [-0.39, 0.29) is 6.04 Å². The van der Waals surface area contributed by atoms with Crippen LogP contribution in [0.2, 0.25) is 0 Å². The molecule has 3 heteroatoms. The highest BCUT2D eigenvalue weighted by atomic mass is 16.1. The Morgan fingerprint density at radius 3 is 2.73 bits per heavy atom. The van der Waals surface area contributed by atoms with Crippen molar-refractivity contribution in [2.75, 3.05) is 26.7 Å². The molecule has 0 radical (unpaired) electrons. The molecule has 0 saturated carbocycles. The summed E-state index contributed by atoms with van der Waals surface area (Å²) in [7, 11) is 2.21. The third-order valence-electron chi connectivity index (χ3n) is 3.94. The number of likely N-dealkylation sites (tertiary alicyclic amines) is 2. The molecule has 0 N–H and O–H groups in total. The van der Waals surface area contributed by atoms with Crippen LogP contribution in [0.15, 0.2) is 0 Å². The van der Waals surface area contributed by atoms with E-state index in [1.54, 1.807) is 0 Å². The van der Waals surface area contributed by atoms with Gasteiger partial charge in [-0.05, 0) is 45.8 Å². The summed E-state index contributed by atoms with van der Waals surface area (Å²) in [5.74, 6) is 0. The molecule has 2 heterocycles. The van der Waals surface area contributed by atoms with Crippen molar-refractivity contribution < 1.29 is 4.79 Å². The van der Waals surface area contributed by atoms with E-state index in [1.165, 1.54) is 32.2 Å². The van der Waals surface area contributed by atoms with Gasteiger partial charge in [-0.1, -0.05) is 6.42 Å². The molecule has 2 fully saturated rings. The molecule has 2 aliphatic heterocycles. The zero-order valence-corrected chi connectivity index (χ0v) is 9.69. The van der Waals surface area contributed by atoms with Crippen molar-refractivity contribution in [2.45, 2.75) is 44.2 Å². The predicted molar refractivity (Wildman–Crippen MR) is 60.9 cm³/mol. The maximum atomic E-state index is 11.0. The van der Waals surface area contributed by atoms with Gasteiger partial charge >= 0.3 is 0 Å². The summed E-state index contributed by atoms with van der Waals surface area (Å²) in [5.41, 5.74) is 0. The van der Waals surface area contributed by atoms with Gasteiger partial charge in [0, 0.05) is 12.6 Å². The summed E-state index contributed by atoms with van der Waals surface area (Å²) in [5, 5.41) is 0. The molecule has 0 bridgehead atoms. The van der Waals surface area contributed by atoms with Crippen molar-refractivity contribution in [3.05, 3.63) is 0 Å². The molecule has 0 aliphatic carbocycles. The summed E-state index contributed by atoms with van der Waals surface area (Å²) in [6.45, 7) is 3.44. The summed E-state index contributed by atoms with van der Waals surface area (Å²) in [4.78, 5) is 15.8. The standard InChI is InChI=1S/C12H22N2O/c1-13-7-4-6-11(13)9-14-8-3-2-5-12(14)10-15/h10-12H,2-9H2,1H3. The molecule has 2 atom stereocenters. The first-order valence-corrected chi connectivity index (χ1v) is 6.21. The molecule has 0 spiro atoms. The molecular formula is C12H22N2O. The average Bonchev–Trinajstić information content (AvgIpc) is 2.65. The lowest BCUT2D eigenvalue weighted by Gasteiger charge is -2.35. The molecule has 2 rings (SSSR count). The van der Waals surface area contributed by atoms with Crippen LogP contribution in [0.1, 0.15) is 32.1 Å². The lowest BCUT2D eigenvalue weighted by molar-refractivity contribution is -0.113. The van der Waals surface area contributed by atoms with Gasteiger partial charge in [-0.15, -0.1) is 0 Å². The van der Waals surface area contributed by atoms with Gasteiger partial charge in [0.2, 0.25) is 0 Å². The van der Waals surface area contributed by atoms with Crippen molar-refractivity contribution in [2.24, 2.45) is 0 Å². The zero-order chi connectivity index (χ0) is 10.7. The third kappa shape index (κ3) is 2.58. The largest absolute Gasteiger partial charge is 0.302 e. The van der Waals surface area contributed by atoms with E-state index in [4.69, 9.17) is 0 Å². The summed E-state index contributed by atoms with van der Waals surface area (Å²) in [6.07, 6.45) is 7.33. The van der Waals surface area contributed by atoms with Gasteiger partial charge in [0.1, 0.15) is 6.29 Å². The fraction of sp³-hybridized carbons (Fsp3) is 0.917. The van der Waals surface area contributed by atoms with Gasteiger partial charge in [-0.25, -0.2) is 0 Å². The van der Waals surface area contributed by atoms with Crippen LogP contribution < -0.4 is 0 Å². The van der Waals surface area contributed by atoms with Crippen LogP contribution in [0.4, 0.5) is 0 Å². The number of hydrogen-bond donors (Lipinski definition) is 0.